The molecular weight excluding hydrogens is 320 g/mol. The van der Waals surface area contributed by atoms with Crippen LogP contribution in [0.2, 0.25) is 0 Å². The molecule has 1 heterocycles. The summed E-state index contributed by atoms with van der Waals surface area (Å²) in [4.78, 5) is 24.2. The lowest BCUT2D eigenvalue weighted by Crippen LogP contribution is -2.15. The second kappa shape index (κ2) is 7.51. The molecule has 1 fully saturated rings. The molecule has 6 nitrogen and oxygen atoms in total. The molecule has 0 radical (unpaired) electrons. The average molecular weight is 342 g/mol. The summed E-state index contributed by atoms with van der Waals surface area (Å²) in [7, 11) is 0. The number of esters is 1. The van der Waals surface area contributed by atoms with E-state index >= 15 is 0 Å². The molecule has 1 aromatic heterocycles. The third-order valence-electron chi connectivity index (χ3n) is 4.74. The summed E-state index contributed by atoms with van der Waals surface area (Å²) in [6.07, 6.45) is 6.28. The van der Waals surface area contributed by atoms with E-state index in [0.29, 0.717) is 17.2 Å². The number of Topliss-reactive ketones (excluding diaryl/α,β-unsaturated/α-hetero) is 1. The van der Waals surface area contributed by atoms with Crippen molar-refractivity contribution in [1.29, 1.82) is 0 Å². The van der Waals surface area contributed by atoms with Gasteiger partial charge in [0.15, 0.2) is 12.4 Å². The number of ketones is 1. The maximum atomic E-state index is 12.2. The molecule has 2 N–H and O–H groups in total. The first-order valence-corrected chi connectivity index (χ1v) is 8.58. The number of rotatable bonds is 5. The van der Waals surface area contributed by atoms with Gasteiger partial charge in [0.25, 0.3) is 0 Å². The van der Waals surface area contributed by atoms with E-state index in [2.05, 4.69) is 5.16 Å². The van der Waals surface area contributed by atoms with Crippen molar-refractivity contribution in [2.24, 2.45) is 0 Å². The van der Waals surface area contributed by atoms with Gasteiger partial charge in [-0.15, -0.1) is 0 Å². The minimum atomic E-state index is -0.705. The highest BCUT2D eigenvalue weighted by Gasteiger charge is 2.21. The van der Waals surface area contributed by atoms with Crippen LogP contribution in [0.25, 0.3) is 0 Å². The molecule has 0 atom stereocenters. The maximum Gasteiger partial charge on any atom is 0.346 e. The fourth-order valence-electron chi connectivity index (χ4n) is 3.30. The molecule has 1 aliphatic rings. The number of nitrogen functional groups attached to an aromatic ring is 1. The van der Waals surface area contributed by atoms with Gasteiger partial charge in [0, 0.05) is 5.56 Å². The van der Waals surface area contributed by atoms with E-state index in [0.717, 1.165) is 0 Å². The lowest BCUT2D eigenvalue weighted by Gasteiger charge is -2.22. The molecule has 2 aromatic rings. The Morgan fingerprint density at radius 1 is 1.20 bits per heavy atom. The maximum absolute atomic E-state index is 12.2. The molecule has 0 spiro atoms. The number of nitrogens with two attached hydrogens (primary N) is 1. The highest BCUT2D eigenvalue weighted by atomic mass is 16.5. The summed E-state index contributed by atoms with van der Waals surface area (Å²) in [5.74, 6) is -0.471. The number of carbonyl (C=O) groups is 2. The van der Waals surface area contributed by atoms with Gasteiger partial charge < -0.3 is 15.0 Å². The van der Waals surface area contributed by atoms with Gasteiger partial charge in [0.05, 0.1) is 5.69 Å². The van der Waals surface area contributed by atoms with Crippen molar-refractivity contribution in [2.75, 3.05) is 12.3 Å². The van der Waals surface area contributed by atoms with E-state index in [-0.39, 0.29) is 23.8 Å². The van der Waals surface area contributed by atoms with Gasteiger partial charge in [0.1, 0.15) is 5.56 Å². The summed E-state index contributed by atoms with van der Waals surface area (Å²) in [5.41, 5.74) is 7.75. The molecule has 3 rings (SSSR count). The van der Waals surface area contributed by atoms with Crippen molar-refractivity contribution in [3.63, 3.8) is 0 Å². The second-order valence-corrected chi connectivity index (χ2v) is 6.46. The lowest BCUT2D eigenvalue weighted by molar-refractivity contribution is 0.0474. The van der Waals surface area contributed by atoms with Crippen LogP contribution in [0.15, 0.2) is 28.8 Å². The van der Waals surface area contributed by atoms with Crippen LogP contribution in [0.5, 0.6) is 0 Å². The predicted molar refractivity (Wildman–Crippen MR) is 92.5 cm³/mol. The fourth-order valence-corrected chi connectivity index (χ4v) is 3.30. The highest BCUT2D eigenvalue weighted by Crippen LogP contribution is 2.32. The van der Waals surface area contributed by atoms with Crippen molar-refractivity contribution in [2.45, 2.75) is 44.9 Å². The van der Waals surface area contributed by atoms with Crippen molar-refractivity contribution in [3.8, 4) is 0 Å². The molecule has 0 aliphatic heterocycles. The van der Waals surface area contributed by atoms with Crippen molar-refractivity contribution in [1.82, 2.24) is 5.16 Å². The summed E-state index contributed by atoms with van der Waals surface area (Å²) in [6, 6.07) is 7.62. The zero-order valence-corrected chi connectivity index (χ0v) is 14.3. The second-order valence-electron chi connectivity index (χ2n) is 6.46. The van der Waals surface area contributed by atoms with Crippen LogP contribution in [0.3, 0.4) is 0 Å². The SMILES string of the molecule is Cc1noc(N)c1C(=O)OCC(=O)c1ccc(C2CCCCC2)cc1. The third-order valence-corrected chi connectivity index (χ3v) is 4.74. The molecule has 1 saturated carbocycles. The standard InChI is InChI=1S/C19H22N2O4/c1-12-17(18(20)25-21-12)19(23)24-11-16(22)15-9-7-14(8-10-15)13-5-3-2-4-6-13/h7-10,13H,2-6,11,20H2,1H3. The quantitative estimate of drug-likeness (QED) is 0.658. The van der Waals surface area contributed by atoms with E-state index in [4.69, 9.17) is 15.0 Å². The van der Waals surface area contributed by atoms with Crippen LogP contribution >= 0.6 is 0 Å². The topological polar surface area (TPSA) is 95.4 Å². The van der Waals surface area contributed by atoms with Crippen molar-refractivity contribution in [3.05, 3.63) is 46.6 Å². The number of benzene rings is 1. The first kappa shape index (κ1) is 17.2. The Balaban J connectivity index is 1.59. The molecule has 25 heavy (non-hydrogen) atoms. The van der Waals surface area contributed by atoms with Gasteiger partial charge in [-0.05, 0) is 31.2 Å². The largest absolute Gasteiger partial charge is 0.453 e. The summed E-state index contributed by atoms with van der Waals surface area (Å²) < 4.78 is 9.76. The fraction of sp³-hybridized carbons (Fsp3) is 0.421. The number of hydrogen-bond donors (Lipinski definition) is 1. The van der Waals surface area contributed by atoms with Gasteiger partial charge in [-0.1, -0.05) is 48.7 Å². The number of anilines is 1. The molecule has 0 bridgehead atoms. The Morgan fingerprint density at radius 3 is 2.48 bits per heavy atom. The Kier molecular flexibility index (Phi) is 5.16. The number of aryl methyl sites for hydroxylation is 1. The van der Waals surface area contributed by atoms with Gasteiger partial charge in [-0.3, -0.25) is 4.79 Å². The van der Waals surface area contributed by atoms with E-state index in [1.807, 2.05) is 12.1 Å². The van der Waals surface area contributed by atoms with E-state index in [1.165, 1.54) is 37.7 Å². The van der Waals surface area contributed by atoms with E-state index < -0.39 is 5.97 Å². The van der Waals surface area contributed by atoms with Gasteiger partial charge >= 0.3 is 5.97 Å². The first-order valence-electron chi connectivity index (χ1n) is 8.58. The molecule has 132 valence electrons. The van der Waals surface area contributed by atoms with Crippen LogP contribution in [0, 0.1) is 6.92 Å². The monoisotopic (exact) mass is 342 g/mol. The van der Waals surface area contributed by atoms with Crippen LogP contribution in [0.4, 0.5) is 5.88 Å². The molecule has 6 heteroatoms. The van der Waals surface area contributed by atoms with E-state index in [9.17, 15) is 9.59 Å². The van der Waals surface area contributed by atoms with Crippen LogP contribution in [0.1, 0.15) is 70.0 Å². The third kappa shape index (κ3) is 3.90. The Morgan fingerprint density at radius 2 is 1.88 bits per heavy atom. The Bertz CT molecular complexity index is 739. The van der Waals surface area contributed by atoms with Crippen molar-refractivity contribution >= 4 is 17.6 Å². The predicted octanol–water partition coefficient (Wildman–Crippen LogP) is 3.65. The summed E-state index contributed by atoms with van der Waals surface area (Å²) >= 11 is 0. The van der Waals surface area contributed by atoms with Gasteiger partial charge in [0.2, 0.25) is 5.88 Å². The minimum absolute atomic E-state index is 0.0699. The minimum Gasteiger partial charge on any atom is -0.453 e. The summed E-state index contributed by atoms with van der Waals surface area (Å²) in [5, 5.41) is 3.59. The smallest absolute Gasteiger partial charge is 0.346 e. The van der Waals surface area contributed by atoms with Crippen LogP contribution < -0.4 is 5.73 Å². The van der Waals surface area contributed by atoms with Gasteiger partial charge in [-0.2, -0.15) is 0 Å². The molecular formula is C19H22N2O4. The molecule has 1 aromatic carbocycles. The normalized spacial score (nSPS) is 15.1. The van der Waals surface area contributed by atoms with Crippen LogP contribution in [-0.4, -0.2) is 23.5 Å². The average Bonchev–Trinajstić information content (AvgIpc) is 2.99. The highest BCUT2D eigenvalue weighted by molar-refractivity contribution is 6.00. The molecule has 0 unspecified atom stereocenters. The Labute approximate surface area is 146 Å². The summed E-state index contributed by atoms with van der Waals surface area (Å²) in [6.45, 7) is 1.24. The number of nitrogens with zero attached hydrogens (tertiary/aromatic N) is 1. The lowest BCUT2D eigenvalue weighted by atomic mass is 9.84. The molecule has 1 aliphatic carbocycles. The van der Waals surface area contributed by atoms with Crippen LogP contribution in [-0.2, 0) is 4.74 Å². The number of aromatic nitrogens is 1. The van der Waals surface area contributed by atoms with E-state index in [1.54, 1.807) is 19.1 Å². The Hall–Kier alpha value is -2.63. The zero-order valence-electron chi connectivity index (χ0n) is 14.3. The van der Waals surface area contributed by atoms with Gasteiger partial charge in [-0.25, -0.2) is 4.79 Å². The van der Waals surface area contributed by atoms with Crippen molar-refractivity contribution < 1.29 is 18.8 Å². The first-order chi connectivity index (χ1) is 12.1. The number of hydrogen-bond acceptors (Lipinski definition) is 6. The molecule has 0 amide bonds. The number of carbonyl (C=O) groups excluding carboxylic acids is 2. The zero-order chi connectivity index (χ0) is 17.8. The molecule has 0 saturated heterocycles. The number of ether oxygens (including phenoxy) is 1.